The van der Waals surface area contributed by atoms with Gasteiger partial charge in [-0.2, -0.15) is 26.3 Å². The van der Waals surface area contributed by atoms with Crippen molar-refractivity contribution in [2.75, 3.05) is 52.5 Å². The highest BCUT2D eigenvalue weighted by Gasteiger charge is 2.39. The normalized spacial score (nSPS) is 19.1. The minimum Gasteiger partial charge on any atom is -0.379 e. The Kier molecular flexibility index (Phi) is 9.20. The van der Waals surface area contributed by atoms with Gasteiger partial charge in [0.05, 0.1) is 44.1 Å². The van der Waals surface area contributed by atoms with E-state index in [-0.39, 0.29) is 30.7 Å². The Labute approximate surface area is 222 Å². The van der Waals surface area contributed by atoms with Gasteiger partial charge in [-0.05, 0) is 42.2 Å². The van der Waals surface area contributed by atoms with E-state index in [9.17, 15) is 31.1 Å². The SMILES string of the molecule is O=C(CN1CCOCC1)NN1CCC(COCc2cc(C(F)(F)F)cc(C(F)(F)F)c2)(c2ccccc2)CC1. The number of carbonyl (C=O) groups is 1. The molecule has 0 saturated carbocycles. The van der Waals surface area contributed by atoms with Crippen molar-refractivity contribution in [3.63, 3.8) is 0 Å². The van der Waals surface area contributed by atoms with Gasteiger partial charge in [0.15, 0.2) is 0 Å². The maximum absolute atomic E-state index is 13.2. The zero-order valence-corrected chi connectivity index (χ0v) is 21.3. The summed E-state index contributed by atoms with van der Waals surface area (Å²) in [5, 5.41) is 1.84. The Bertz CT molecular complexity index is 1060. The summed E-state index contributed by atoms with van der Waals surface area (Å²) in [6, 6.07) is 11.0. The van der Waals surface area contributed by atoms with E-state index < -0.39 is 35.5 Å². The van der Waals surface area contributed by atoms with Crippen LogP contribution < -0.4 is 5.43 Å². The lowest BCUT2D eigenvalue weighted by molar-refractivity contribution is -0.143. The van der Waals surface area contributed by atoms with Gasteiger partial charge < -0.3 is 9.47 Å². The van der Waals surface area contributed by atoms with Crippen LogP contribution in [0.25, 0.3) is 0 Å². The van der Waals surface area contributed by atoms with E-state index in [1.165, 1.54) is 0 Å². The molecule has 2 aliphatic heterocycles. The van der Waals surface area contributed by atoms with E-state index in [1.807, 2.05) is 40.2 Å². The first-order chi connectivity index (χ1) is 18.4. The molecule has 1 amide bonds. The second-order valence-corrected chi connectivity index (χ2v) is 9.96. The van der Waals surface area contributed by atoms with E-state index in [0.717, 1.165) is 5.56 Å². The average molecular weight is 560 g/mol. The average Bonchev–Trinajstić information content (AvgIpc) is 2.90. The molecule has 214 valence electrons. The number of amides is 1. The Morgan fingerprint density at radius 1 is 0.897 bits per heavy atom. The Balaban J connectivity index is 1.41. The molecule has 2 saturated heterocycles. The lowest BCUT2D eigenvalue weighted by atomic mass is 9.73. The summed E-state index contributed by atoms with van der Waals surface area (Å²) < 4.78 is 90.5. The predicted octanol–water partition coefficient (Wildman–Crippen LogP) is 4.64. The fourth-order valence-electron chi connectivity index (χ4n) is 5.00. The number of morpholine rings is 1. The number of piperidine rings is 1. The van der Waals surface area contributed by atoms with Gasteiger partial charge >= 0.3 is 12.4 Å². The van der Waals surface area contributed by atoms with Crippen LogP contribution in [0.3, 0.4) is 0 Å². The predicted molar refractivity (Wildman–Crippen MR) is 130 cm³/mol. The number of ether oxygens (including phenoxy) is 2. The molecule has 0 radical (unpaired) electrons. The van der Waals surface area contributed by atoms with Crippen molar-refractivity contribution >= 4 is 5.91 Å². The Hall–Kier alpha value is -2.67. The second-order valence-electron chi connectivity index (χ2n) is 9.96. The summed E-state index contributed by atoms with van der Waals surface area (Å²) in [7, 11) is 0. The van der Waals surface area contributed by atoms with Crippen LogP contribution in [-0.4, -0.2) is 68.4 Å². The molecule has 0 unspecified atom stereocenters. The second kappa shape index (κ2) is 12.2. The summed E-state index contributed by atoms with van der Waals surface area (Å²) >= 11 is 0. The number of hydrazine groups is 1. The molecule has 0 atom stereocenters. The third-order valence-corrected chi connectivity index (χ3v) is 7.15. The molecule has 2 heterocycles. The highest BCUT2D eigenvalue weighted by atomic mass is 19.4. The highest BCUT2D eigenvalue weighted by molar-refractivity contribution is 5.77. The summed E-state index contributed by atoms with van der Waals surface area (Å²) in [6.07, 6.45) is -8.68. The van der Waals surface area contributed by atoms with Crippen molar-refractivity contribution in [3.05, 3.63) is 70.8 Å². The topological polar surface area (TPSA) is 54.0 Å². The van der Waals surface area contributed by atoms with E-state index in [0.29, 0.717) is 64.4 Å². The lowest BCUT2D eigenvalue weighted by Crippen LogP contribution is -2.54. The largest absolute Gasteiger partial charge is 0.416 e. The van der Waals surface area contributed by atoms with Crippen molar-refractivity contribution in [1.29, 1.82) is 0 Å². The Morgan fingerprint density at radius 3 is 2.05 bits per heavy atom. The summed E-state index contributed by atoms with van der Waals surface area (Å²) in [5.74, 6) is -0.120. The molecule has 1 N–H and O–H groups in total. The van der Waals surface area contributed by atoms with Crippen LogP contribution >= 0.6 is 0 Å². The van der Waals surface area contributed by atoms with Crippen LogP contribution in [0, 0.1) is 0 Å². The quantitative estimate of drug-likeness (QED) is 0.478. The van der Waals surface area contributed by atoms with Crippen LogP contribution in [0.5, 0.6) is 0 Å². The maximum Gasteiger partial charge on any atom is 0.416 e. The summed E-state index contributed by atoms with van der Waals surface area (Å²) in [4.78, 5) is 14.5. The first-order valence-electron chi connectivity index (χ1n) is 12.7. The van der Waals surface area contributed by atoms with Crippen molar-refractivity contribution in [1.82, 2.24) is 15.3 Å². The van der Waals surface area contributed by atoms with Gasteiger partial charge in [0.25, 0.3) is 0 Å². The molecule has 12 heteroatoms. The molecule has 0 bridgehead atoms. The van der Waals surface area contributed by atoms with Crippen molar-refractivity contribution in [2.45, 2.75) is 37.2 Å². The van der Waals surface area contributed by atoms with Gasteiger partial charge in [-0.25, -0.2) is 5.01 Å². The molecular weight excluding hydrogens is 528 g/mol. The lowest BCUT2D eigenvalue weighted by Gasteiger charge is -2.42. The van der Waals surface area contributed by atoms with E-state index in [1.54, 1.807) is 0 Å². The fourth-order valence-corrected chi connectivity index (χ4v) is 5.00. The maximum atomic E-state index is 13.2. The van der Waals surface area contributed by atoms with Crippen molar-refractivity contribution in [2.24, 2.45) is 0 Å². The van der Waals surface area contributed by atoms with E-state index in [2.05, 4.69) is 5.43 Å². The number of benzene rings is 2. The molecule has 0 aromatic heterocycles. The number of nitrogens with zero attached hydrogens (tertiary/aromatic N) is 2. The van der Waals surface area contributed by atoms with Crippen LogP contribution in [0.15, 0.2) is 48.5 Å². The summed E-state index contributed by atoms with van der Waals surface area (Å²) in [5.41, 5.74) is 0.453. The molecule has 2 fully saturated rings. The molecule has 2 aliphatic rings. The minimum absolute atomic E-state index is 0.101. The van der Waals surface area contributed by atoms with Gasteiger partial charge in [0.2, 0.25) is 5.91 Å². The molecule has 2 aromatic rings. The summed E-state index contributed by atoms with van der Waals surface area (Å²) in [6.45, 7) is 3.55. The number of rotatable bonds is 8. The third-order valence-electron chi connectivity index (χ3n) is 7.15. The minimum atomic E-state index is -4.92. The highest BCUT2D eigenvalue weighted by Crippen LogP contribution is 2.38. The number of carbonyl (C=O) groups excluding carboxylic acids is 1. The Morgan fingerprint density at radius 2 is 1.49 bits per heavy atom. The third kappa shape index (κ3) is 7.93. The molecule has 39 heavy (non-hydrogen) atoms. The smallest absolute Gasteiger partial charge is 0.379 e. The molecule has 0 aliphatic carbocycles. The van der Waals surface area contributed by atoms with Gasteiger partial charge in [-0.15, -0.1) is 0 Å². The van der Waals surface area contributed by atoms with Crippen molar-refractivity contribution in [3.8, 4) is 0 Å². The molecule has 4 rings (SSSR count). The van der Waals surface area contributed by atoms with Gasteiger partial charge in [-0.1, -0.05) is 30.3 Å². The molecular formula is C27H31F6N3O3. The first kappa shape index (κ1) is 29.3. The fraction of sp³-hybridized carbons (Fsp3) is 0.519. The zero-order chi connectivity index (χ0) is 28.1. The zero-order valence-electron chi connectivity index (χ0n) is 21.3. The first-order valence-corrected chi connectivity index (χ1v) is 12.7. The monoisotopic (exact) mass is 559 g/mol. The molecule has 6 nitrogen and oxygen atoms in total. The van der Waals surface area contributed by atoms with E-state index >= 15 is 0 Å². The number of alkyl halides is 6. The van der Waals surface area contributed by atoms with Crippen LogP contribution in [0.1, 0.15) is 35.1 Å². The van der Waals surface area contributed by atoms with Crippen molar-refractivity contribution < 1.29 is 40.6 Å². The number of halogens is 6. The number of hydrogen-bond acceptors (Lipinski definition) is 5. The van der Waals surface area contributed by atoms with Gasteiger partial charge in [0.1, 0.15) is 0 Å². The number of nitrogens with one attached hydrogen (secondary N) is 1. The van der Waals surface area contributed by atoms with Gasteiger partial charge in [-0.3, -0.25) is 15.1 Å². The van der Waals surface area contributed by atoms with Crippen LogP contribution in [0.4, 0.5) is 26.3 Å². The van der Waals surface area contributed by atoms with Gasteiger partial charge in [0, 0.05) is 31.6 Å². The molecule has 0 spiro atoms. The molecule has 2 aromatic carbocycles. The van der Waals surface area contributed by atoms with Crippen LogP contribution in [-0.2, 0) is 38.6 Å². The standard InChI is InChI=1S/C27H31F6N3O3/c28-26(29,30)22-14-20(15-23(16-22)27(31,32)33)18-39-19-25(21-4-2-1-3-5-21)6-8-36(9-7-25)34-24(37)17-35-10-12-38-13-11-35/h1-5,14-16H,6-13,17-19H2,(H,34,37). The van der Waals surface area contributed by atoms with Crippen LogP contribution in [0.2, 0.25) is 0 Å². The van der Waals surface area contributed by atoms with E-state index in [4.69, 9.17) is 9.47 Å². The number of hydrogen-bond donors (Lipinski definition) is 1.